The third-order valence-electron chi connectivity index (χ3n) is 15.3. The highest BCUT2D eigenvalue weighted by Gasteiger charge is 2.69. The molecule has 0 radical (unpaired) electrons. The van der Waals surface area contributed by atoms with E-state index in [1.807, 2.05) is 0 Å². The first-order valence-corrected chi connectivity index (χ1v) is 18.8. The van der Waals surface area contributed by atoms with Crippen LogP contribution < -0.4 is 0 Å². The number of rotatable bonds is 11. The SMILES string of the molecule is CC1(C)CC[C@]2(C(=O)O)CC[C@]3(C)C(=CCC4[C@@]5(C)CC[C@H](OC(=O)CCCCCCCCC(=O)O)C(C)(C)C5CC[C@]43C)C2C1. The van der Waals surface area contributed by atoms with E-state index in [0.29, 0.717) is 18.3 Å². The Hall–Kier alpha value is -1.85. The average Bonchev–Trinajstić information content (AvgIpc) is 2.95. The smallest absolute Gasteiger partial charge is 0.310 e. The fourth-order valence-electron chi connectivity index (χ4n) is 12.3. The van der Waals surface area contributed by atoms with Crippen LogP contribution in [-0.4, -0.2) is 34.2 Å². The van der Waals surface area contributed by atoms with Crippen LogP contribution in [0.5, 0.6) is 0 Å². The summed E-state index contributed by atoms with van der Waals surface area (Å²) in [5.74, 6) is -0.209. The number of hydrogen-bond acceptors (Lipinski definition) is 4. The summed E-state index contributed by atoms with van der Waals surface area (Å²) in [7, 11) is 0. The summed E-state index contributed by atoms with van der Waals surface area (Å²) in [5.41, 5.74) is 1.25. The summed E-state index contributed by atoms with van der Waals surface area (Å²) in [5, 5.41) is 19.4. The molecule has 3 unspecified atom stereocenters. The van der Waals surface area contributed by atoms with Crippen LogP contribution in [0.3, 0.4) is 0 Å². The number of carboxylic acid groups (broad SMARTS) is 2. The van der Waals surface area contributed by atoms with Gasteiger partial charge in [-0.05, 0) is 116 Å². The molecule has 0 aliphatic heterocycles. The van der Waals surface area contributed by atoms with Crippen molar-refractivity contribution in [2.75, 3.05) is 0 Å². The molecule has 260 valence electrons. The van der Waals surface area contributed by atoms with E-state index in [0.717, 1.165) is 103 Å². The molecule has 6 heteroatoms. The van der Waals surface area contributed by atoms with E-state index in [1.54, 1.807) is 0 Å². The van der Waals surface area contributed by atoms with Crippen molar-refractivity contribution in [3.63, 3.8) is 0 Å². The molecule has 0 aromatic heterocycles. The topological polar surface area (TPSA) is 101 Å². The van der Waals surface area contributed by atoms with Crippen LogP contribution >= 0.6 is 0 Å². The number of hydrogen-bond donors (Lipinski definition) is 2. The number of allylic oxidation sites excluding steroid dienone is 2. The normalized spacial score (nSPS) is 40.7. The molecule has 5 aliphatic carbocycles. The molecule has 0 bridgehead atoms. The molecule has 2 N–H and O–H groups in total. The maximum absolute atomic E-state index is 13.0. The minimum absolute atomic E-state index is 0.0185. The lowest BCUT2D eigenvalue weighted by Crippen LogP contribution is -2.65. The highest BCUT2D eigenvalue weighted by atomic mass is 16.5. The van der Waals surface area contributed by atoms with Crippen molar-refractivity contribution in [2.24, 2.45) is 50.2 Å². The van der Waals surface area contributed by atoms with Gasteiger partial charge in [-0.3, -0.25) is 14.4 Å². The largest absolute Gasteiger partial charge is 0.481 e. The lowest BCUT2D eigenvalue weighted by Gasteiger charge is -2.71. The van der Waals surface area contributed by atoms with Gasteiger partial charge in [0.1, 0.15) is 6.10 Å². The zero-order valence-corrected chi connectivity index (χ0v) is 30.1. The minimum atomic E-state index is -0.726. The molecular weight excluding hydrogens is 576 g/mol. The standard InChI is InChI=1S/C40H64O6/c1-35(2)22-24-40(34(44)45)25-23-38(6)27(28(40)26-35)16-17-30-37(5)20-19-31(36(3,4)29(37)18-21-39(30,38)7)46-33(43)15-13-11-9-8-10-12-14-32(41)42/h16,28-31H,8-15,17-26H2,1-7H3,(H,41,42)(H,44,45)/t28?,29?,30?,31-,37-,38+,39+,40-/m0/s1. The second-order valence-electron chi connectivity index (χ2n) is 18.5. The summed E-state index contributed by atoms with van der Waals surface area (Å²) in [4.78, 5) is 36.6. The highest BCUT2D eigenvalue weighted by Crippen LogP contribution is 2.75. The van der Waals surface area contributed by atoms with E-state index in [4.69, 9.17) is 9.84 Å². The van der Waals surface area contributed by atoms with Crippen LogP contribution in [0.2, 0.25) is 0 Å². The zero-order valence-electron chi connectivity index (χ0n) is 30.1. The minimum Gasteiger partial charge on any atom is -0.481 e. The van der Waals surface area contributed by atoms with Gasteiger partial charge in [-0.25, -0.2) is 0 Å². The van der Waals surface area contributed by atoms with Crippen LogP contribution in [0.15, 0.2) is 11.6 Å². The number of unbranched alkanes of at least 4 members (excludes halogenated alkanes) is 5. The van der Waals surface area contributed by atoms with Gasteiger partial charge in [0.05, 0.1) is 5.41 Å². The first-order chi connectivity index (χ1) is 21.4. The van der Waals surface area contributed by atoms with Crippen molar-refractivity contribution < 1.29 is 29.3 Å². The van der Waals surface area contributed by atoms with Gasteiger partial charge in [0.2, 0.25) is 0 Å². The molecule has 46 heavy (non-hydrogen) atoms. The summed E-state index contributed by atoms with van der Waals surface area (Å²) in [6.45, 7) is 17.0. The van der Waals surface area contributed by atoms with Crippen molar-refractivity contribution in [3.05, 3.63) is 11.6 Å². The van der Waals surface area contributed by atoms with Gasteiger partial charge in [0.25, 0.3) is 0 Å². The fraction of sp³-hybridized carbons (Fsp3) is 0.875. The van der Waals surface area contributed by atoms with Crippen molar-refractivity contribution in [1.29, 1.82) is 0 Å². The molecule has 0 amide bonds. The summed E-state index contributed by atoms with van der Waals surface area (Å²) in [6.07, 6.45) is 18.6. The van der Waals surface area contributed by atoms with E-state index in [9.17, 15) is 19.5 Å². The molecular formula is C40H64O6. The summed E-state index contributed by atoms with van der Waals surface area (Å²) < 4.78 is 6.28. The second kappa shape index (κ2) is 12.6. The van der Waals surface area contributed by atoms with E-state index in [2.05, 4.69) is 54.5 Å². The predicted octanol–water partition coefficient (Wildman–Crippen LogP) is 9.99. The first kappa shape index (κ1) is 35.5. The van der Waals surface area contributed by atoms with Crippen LogP contribution in [0, 0.1) is 50.2 Å². The van der Waals surface area contributed by atoms with Crippen LogP contribution in [0.1, 0.15) is 164 Å². The van der Waals surface area contributed by atoms with E-state index in [-0.39, 0.29) is 51.5 Å². The number of fused-ring (bicyclic) bond motifs is 7. The Balaban J connectivity index is 1.27. The van der Waals surface area contributed by atoms with Gasteiger partial charge in [0, 0.05) is 18.3 Å². The predicted molar refractivity (Wildman–Crippen MR) is 181 cm³/mol. The summed E-state index contributed by atoms with van der Waals surface area (Å²) in [6, 6.07) is 0. The Morgan fingerprint density at radius 2 is 1.39 bits per heavy atom. The maximum atomic E-state index is 13.0. The van der Waals surface area contributed by atoms with Crippen molar-refractivity contribution in [1.82, 2.24) is 0 Å². The lowest BCUT2D eigenvalue weighted by atomic mass is 9.33. The van der Waals surface area contributed by atoms with Gasteiger partial charge in [0.15, 0.2) is 0 Å². The van der Waals surface area contributed by atoms with Gasteiger partial charge in [-0.2, -0.15) is 0 Å². The Morgan fingerprint density at radius 1 is 0.761 bits per heavy atom. The number of esters is 1. The quantitative estimate of drug-likeness (QED) is 0.132. The molecule has 0 saturated heterocycles. The monoisotopic (exact) mass is 640 g/mol. The molecule has 4 fully saturated rings. The third-order valence-corrected chi connectivity index (χ3v) is 15.3. The summed E-state index contributed by atoms with van der Waals surface area (Å²) >= 11 is 0. The molecule has 5 rings (SSSR count). The number of carbonyl (C=O) groups excluding carboxylic acids is 1. The van der Waals surface area contributed by atoms with Crippen LogP contribution in [0.4, 0.5) is 0 Å². The molecule has 8 atom stereocenters. The molecule has 0 aromatic carbocycles. The van der Waals surface area contributed by atoms with Crippen molar-refractivity contribution >= 4 is 17.9 Å². The van der Waals surface area contributed by atoms with E-state index < -0.39 is 17.4 Å². The van der Waals surface area contributed by atoms with Crippen molar-refractivity contribution in [2.45, 2.75) is 170 Å². The van der Waals surface area contributed by atoms with Crippen molar-refractivity contribution in [3.8, 4) is 0 Å². The van der Waals surface area contributed by atoms with Gasteiger partial charge < -0.3 is 14.9 Å². The van der Waals surface area contributed by atoms with Crippen LogP contribution in [0.25, 0.3) is 0 Å². The molecule has 5 aliphatic rings. The highest BCUT2D eigenvalue weighted by molar-refractivity contribution is 5.76. The Labute approximate surface area is 278 Å². The van der Waals surface area contributed by atoms with Gasteiger partial charge in [-0.15, -0.1) is 0 Å². The number of carboxylic acids is 2. The van der Waals surface area contributed by atoms with Gasteiger partial charge >= 0.3 is 17.9 Å². The molecule has 6 nitrogen and oxygen atoms in total. The van der Waals surface area contributed by atoms with E-state index >= 15 is 0 Å². The third kappa shape index (κ3) is 5.88. The van der Waals surface area contributed by atoms with Crippen LogP contribution in [-0.2, 0) is 19.1 Å². The maximum Gasteiger partial charge on any atom is 0.310 e. The molecule has 0 aromatic rings. The molecule has 4 saturated carbocycles. The fourth-order valence-corrected chi connectivity index (χ4v) is 12.3. The zero-order chi connectivity index (χ0) is 33.8. The Bertz CT molecular complexity index is 1220. The average molecular weight is 641 g/mol. The first-order valence-electron chi connectivity index (χ1n) is 18.8. The number of carbonyl (C=O) groups is 3. The number of ether oxygens (including phenoxy) is 1. The Kier molecular flexibility index (Phi) is 9.68. The lowest BCUT2D eigenvalue weighted by molar-refractivity contribution is -0.214. The van der Waals surface area contributed by atoms with Gasteiger partial charge in [-0.1, -0.05) is 85.8 Å². The van der Waals surface area contributed by atoms with E-state index in [1.165, 1.54) is 5.57 Å². The number of aliphatic carboxylic acids is 2. The Morgan fingerprint density at radius 3 is 2.04 bits per heavy atom. The second-order valence-corrected chi connectivity index (χ2v) is 18.5. The molecule has 0 heterocycles. The molecule has 0 spiro atoms.